The predicted molar refractivity (Wildman–Crippen MR) is 65.0 cm³/mol. The van der Waals surface area contributed by atoms with E-state index in [9.17, 15) is 0 Å². The summed E-state index contributed by atoms with van der Waals surface area (Å²) in [5.74, 6) is 0. The van der Waals surface area contributed by atoms with Crippen LogP contribution in [0.15, 0.2) is 4.76 Å². The van der Waals surface area contributed by atoms with Crippen molar-refractivity contribution >= 4 is 46.3 Å². The van der Waals surface area contributed by atoms with E-state index < -0.39 is 6.64 Å². The lowest BCUT2D eigenvalue weighted by atomic mass is 10.9. The predicted octanol–water partition coefficient (Wildman–Crippen LogP) is 3.08. The Hall–Kier alpha value is 0.940. The van der Waals surface area contributed by atoms with Gasteiger partial charge in [0.05, 0.1) is 18.3 Å². The van der Waals surface area contributed by atoms with Crippen LogP contribution in [-0.4, -0.2) is 22.7 Å². The van der Waals surface area contributed by atoms with Crippen molar-refractivity contribution in [3.05, 3.63) is 0 Å². The minimum Gasteiger partial charge on any atom is -0.313 e. The third-order valence-electron chi connectivity index (χ3n) is 1.15. The molecule has 0 saturated carbocycles. The summed E-state index contributed by atoms with van der Waals surface area (Å²) in [7, 11) is 0. The van der Waals surface area contributed by atoms with E-state index in [4.69, 9.17) is 20.9 Å². The first-order chi connectivity index (χ1) is 6.20. The van der Waals surface area contributed by atoms with Crippen molar-refractivity contribution in [2.75, 3.05) is 18.3 Å². The first kappa shape index (κ1) is 12.0. The molecular formula is C6H12NO2PS3. The molecule has 0 atom stereocenters. The van der Waals surface area contributed by atoms with Gasteiger partial charge in [-0.3, -0.25) is 0 Å². The molecule has 7 heteroatoms. The fourth-order valence-corrected chi connectivity index (χ4v) is 4.92. The summed E-state index contributed by atoms with van der Waals surface area (Å²) >= 11 is 8.63. The lowest BCUT2D eigenvalue weighted by Gasteiger charge is -2.20. The molecule has 0 aromatic heterocycles. The average Bonchev–Trinajstić information content (AvgIpc) is 1.98. The first-order valence-electron chi connectivity index (χ1n) is 3.95. The first-order valence-corrected chi connectivity index (χ1v) is 8.51. The van der Waals surface area contributed by atoms with Crippen molar-refractivity contribution in [1.82, 2.24) is 0 Å². The molecule has 0 unspecified atom stereocenters. The quantitative estimate of drug-likeness (QED) is 0.706. The monoisotopic (exact) mass is 257 g/mol. The molecule has 0 N–H and O–H groups in total. The SMILES string of the molecule is CCOP(=S)(N=C1SCS1)OCC. The van der Waals surface area contributed by atoms with E-state index in [1.165, 1.54) is 0 Å². The normalized spacial score (nSPS) is 16.9. The average molecular weight is 257 g/mol. The zero-order valence-electron chi connectivity index (χ0n) is 7.56. The van der Waals surface area contributed by atoms with Crippen LogP contribution in [0, 0.1) is 0 Å². The fraction of sp³-hybridized carbons (Fsp3) is 0.833. The molecule has 0 aromatic rings. The summed E-state index contributed by atoms with van der Waals surface area (Å²) in [4.78, 5) is 0. The van der Waals surface area contributed by atoms with E-state index in [1.54, 1.807) is 23.5 Å². The van der Waals surface area contributed by atoms with Gasteiger partial charge in [-0.1, -0.05) is 23.5 Å². The molecule has 1 aliphatic rings. The van der Waals surface area contributed by atoms with Crippen molar-refractivity contribution < 1.29 is 9.05 Å². The highest BCUT2D eigenvalue weighted by Crippen LogP contribution is 2.53. The van der Waals surface area contributed by atoms with Gasteiger partial charge < -0.3 is 9.05 Å². The van der Waals surface area contributed by atoms with Gasteiger partial charge in [-0.25, -0.2) is 0 Å². The maximum Gasteiger partial charge on any atom is 0.310 e. The molecule has 0 spiro atoms. The van der Waals surface area contributed by atoms with Gasteiger partial charge >= 0.3 is 6.64 Å². The Balaban J connectivity index is 2.59. The smallest absolute Gasteiger partial charge is 0.310 e. The van der Waals surface area contributed by atoms with E-state index in [0.717, 1.165) is 9.46 Å². The molecule has 0 amide bonds. The summed E-state index contributed by atoms with van der Waals surface area (Å²) < 4.78 is 16.1. The summed E-state index contributed by atoms with van der Waals surface area (Å²) in [5, 5.41) is 1.06. The van der Waals surface area contributed by atoms with Gasteiger partial charge in [0.2, 0.25) is 0 Å². The molecule has 1 rings (SSSR count). The van der Waals surface area contributed by atoms with Gasteiger partial charge in [-0.15, -0.1) is 0 Å². The van der Waals surface area contributed by atoms with Crippen LogP contribution in [0.1, 0.15) is 13.8 Å². The van der Waals surface area contributed by atoms with Crippen molar-refractivity contribution in [3.63, 3.8) is 0 Å². The van der Waals surface area contributed by atoms with E-state index >= 15 is 0 Å². The Morgan fingerprint density at radius 2 is 1.92 bits per heavy atom. The summed E-state index contributed by atoms with van der Waals surface area (Å²) in [6.07, 6.45) is 0. The number of hydrogen-bond acceptors (Lipinski definition) is 5. The Morgan fingerprint density at radius 3 is 2.23 bits per heavy atom. The highest BCUT2D eigenvalue weighted by Gasteiger charge is 2.21. The summed E-state index contributed by atoms with van der Waals surface area (Å²) in [6.45, 7) is 2.56. The number of hydrogen-bond donors (Lipinski definition) is 0. The van der Waals surface area contributed by atoms with E-state index in [-0.39, 0.29) is 0 Å². The van der Waals surface area contributed by atoms with Crippen LogP contribution in [0.5, 0.6) is 0 Å². The second-order valence-corrected chi connectivity index (χ2v) is 7.67. The molecule has 3 nitrogen and oxygen atoms in total. The second kappa shape index (κ2) is 5.73. The molecule has 1 aliphatic heterocycles. The molecule has 13 heavy (non-hydrogen) atoms. The third-order valence-corrected chi connectivity index (χ3v) is 6.24. The topological polar surface area (TPSA) is 30.8 Å². The maximum absolute atomic E-state index is 5.37. The maximum atomic E-state index is 5.37. The summed E-state index contributed by atoms with van der Waals surface area (Å²) in [6, 6.07) is 0. The van der Waals surface area contributed by atoms with Gasteiger partial charge in [-0.05, 0) is 25.7 Å². The molecule has 1 fully saturated rings. The Kier molecular flexibility index (Phi) is 5.30. The van der Waals surface area contributed by atoms with Gasteiger partial charge in [0.15, 0.2) is 0 Å². The largest absolute Gasteiger partial charge is 0.313 e. The van der Waals surface area contributed by atoms with Crippen LogP contribution < -0.4 is 0 Å². The lowest BCUT2D eigenvalue weighted by Crippen LogP contribution is -2.01. The molecule has 0 aliphatic carbocycles. The van der Waals surface area contributed by atoms with Gasteiger partial charge in [-0.2, -0.15) is 4.76 Å². The van der Waals surface area contributed by atoms with Crippen LogP contribution in [0.25, 0.3) is 0 Å². The number of rotatable bonds is 5. The molecule has 1 saturated heterocycles. The molecule has 0 aromatic carbocycles. The van der Waals surface area contributed by atoms with Crippen molar-refractivity contribution in [2.24, 2.45) is 4.76 Å². The highest BCUT2D eigenvalue weighted by molar-refractivity contribution is 8.52. The molecule has 1 heterocycles. The van der Waals surface area contributed by atoms with Crippen molar-refractivity contribution in [2.45, 2.75) is 13.8 Å². The standard InChI is InChI=1S/C6H12NO2PS3/c1-3-8-10(11,9-4-2)7-6-12-5-13-6/h3-5H2,1-2H3. The van der Waals surface area contributed by atoms with E-state index in [0.29, 0.717) is 13.2 Å². The zero-order chi connectivity index (χ0) is 9.73. The minimum atomic E-state index is -2.36. The molecule has 76 valence electrons. The Labute approximate surface area is 92.3 Å². The zero-order valence-corrected chi connectivity index (χ0v) is 10.9. The molecule has 0 bridgehead atoms. The van der Waals surface area contributed by atoms with Crippen molar-refractivity contribution in [1.29, 1.82) is 0 Å². The third kappa shape index (κ3) is 3.90. The van der Waals surface area contributed by atoms with Crippen LogP contribution in [0.3, 0.4) is 0 Å². The van der Waals surface area contributed by atoms with Crippen LogP contribution in [-0.2, 0) is 20.9 Å². The second-order valence-electron chi connectivity index (χ2n) is 2.08. The minimum absolute atomic E-state index is 0.559. The molecule has 0 radical (unpaired) electrons. The number of nitrogens with zero attached hydrogens (tertiary/aromatic N) is 1. The lowest BCUT2D eigenvalue weighted by molar-refractivity contribution is 0.268. The van der Waals surface area contributed by atoms with Crippen LogP contribution in [0.2, 0.25) is 0 Å². The molecular weight excluding hydrogens is 245 g/mol. The van der Waals surface area contributed by atoms with Gasteiger partial charge in [0.25, 0.3) is 0 Å². The highest BCUT2D eigenvalue weighted by atomic mass is 32.5. The Bertz CT molecular complexity index is 230. The van der Waals surface area contributed by atoms with Gasteiger partial charge in [0.1, 0.15) is 4.38 Å². The van der Waals surface area contributed by atoms with E-state index in [2.05, 4.69) is 4.76 Å². The van der Waals surface area contributed by atoms with Crippen LogP contribution >= 0.6 is 30.2 Å². The Morgan fingerprint density at radius 1 is 1.38 bits per heavy atom. The van der Waals surface area contributed by atoms with Crippen molar-refractivity contribution in [3.8, 4) is 0 Å². The summed E-state index contributed by atoms with van der Waals surface area (Å²) in [5.41, 5.74) is 0. The fourth-order valence-electron chi connectivity index (χ4n) is 0.691. The van der Waals surface area contributed by atoms with E-state index in [1.807, 2.05) is 13.8 Å². The number of thioether (sulfide) groups is 2. The van der Waals surface area contributed by atoms with Crippen LogP contribution in [0.4, 0.5) is 0 Å². The van der Waals surface area contributed by atoms with Gasteiger partial charge in [0, 0.05) is 0 Å².